The van der Waals surface area contributed by atoms with Crippen molar-refractivity contribution >= 4 is 53.1 Å². The molecule has 0 aromatic carbocycles. The number of alkyl halides is 3. The van der Waals surface area contributed by atoms with Gasteiger partial charge in [0.25, 0.3) is 0 Å². The second kappa shape index (κ2) is 3.94. The summed E-state index contributed by atoms with van der Waals surface area (Å²) in [4.78, 5) is 0. The summed E-state index contributed by atoms with van der Waals surface area (Å²) in [5.41, 5.74) is 0. The van der Waals surface area contributed by atoms with Crippen LogP contribution in [0.5, 0.6) is 0 Å². The van der Waals surface area contributed by atoms with Crippen molar-refractivity contribution in [3.05, 3.63) is 0 Å². The molecular formula is C3H5I4-. The third-order valence-corrected chi connectivity index (χ3v) is 43.6. The summed E-state index contributed by atoms with van der Waals surface area (Å²) in [7, 11) is 0. The molecule has 0 saturated carbocycles. The van der Waals surface area contributed by atoms with Crippen molar-refractivity contribution in [1.29, 1.82) is 0 Å². The van der Waals surface area contributed by atoms with Gasteiger partial charge >= 0.3 is 83.1 Å². The molecule has 7 heavy (non-hydrogen) atoms. The molecule has 0 spiro atoms. The molecule has 0 amide bonds. The Bertz CT molecular complexity index is 56.0. The molecule has 1 unspecified atom stereocenters. The van der Waals surface area contributed by atoms with Crippen molar-refractivity contribution in [3.63, 3.8) is 0 Å². The van der Waals surface area contributed by atoms with Gasteiger partial charge in [0.05, 0.1) is 0 Å². The zero-order chi connectivity index (χ0) is 5.28. The van der Waals surface area contributed by atoms with Crippen LogP contribution in [0.3, 0.4) is 0 Å². The second-order valence-corrected chi connectivity index (χ2v) is 35.6. The Morgan fingerprint density at radius 3 is 2.57 bits per heavy atom. The average molecular weight is 549 g/mol. The third-order valence-electron chi connectivity index (χ3n) is 0.674. The predicted octanol–water partition coefficient (Wildman–Crippen LogP) is 0.0116. The summed E-state index contributed by atoms with van der Waals surface area (Å²) in [5.74, 6) is 0. The van der Waals surface area contributed by atoms with E-state index in [-0.39, 0.29) is 11.9 Å². The molecule has 1 heterocycles. The van der Waals surface area contributed by atoms with E-state index in [2.05, 4.69) is 41.2 Å². The van der Waals surface area contributed by atoms with Crippen LogP contribution in [0.1, 0.15) is 6.42 Å². The van der Waals surface area contributed by atoms with Gasteiger partial charge in [0.2, 0.25) is 0 Å². The van der Waals surface area contributed by atoms with Crippen LogP contribution >= 0.6 is 53.1 Å². The number of hydrogen-bond donors (Lipinski definition) is 0. The summed E-state index contributed by atoms with van der Waals surface area (Å²) in [6, 6.07) is 0. The molecule has 0 aromatic rings. The molecular weight excluding hydrogens is 544 g/mol. The van der Waals surface area contributed by atoms with E-state index in [1.807, 2.05) is 0 Å². The van der Waals surface area contributed by atoms with Crippen LogP contribution in [0.4, 0.5) is 0 Å². The molecule has 1 fully saturated rings. The third kappa shape index (κ3) is 2.56. The molecule has 0 bridgehead atoms. The van der Waals surface area contributed by atoms with Crippen molar-refractivity contribution in [1.82, 2.24) is 0 Å². The molecule has 1 atom stereocenters. The van der Waals surface area contributed by atoms with Crippen LogP contribution in [0.15, 0.2) is 0 Å². The Hall–Kier alpha value is 2.92. The SMILES string of the molecule is IC1CC[I-]I1I. The van der Waals surface area contributed by atoms with E-state index in [9.17, 15) is 0 Å². The summed E-state index contributed by atoms with van der Waals surface area (Å²) in [5, 5.41) is 0. The Balaban J connectivity index is 2.33. The fourth-order valence-corrected chi connectivity index (χ4v) is 27.8. The predicted molar refractivity (Wildman–Crippen MR) is 55.3 cm³/mol. The van der Waals surface area contributed by atoms with Gasteiger partial charge in [0, 0.05) is 0 Å². The average Bonchev–Trinajstić information content (AvgIpc) is 1.91. The fraction of sp³-hybridized carbons (Fsp3) is 1.00. The second-order valence-electron chi connectivity index (χ2n) is 1.19. The van der Waals surface area contributed by atoms with Crippen molar-refractivity contribution in [2.24, 2.45) is 0 Å². The van der Waals surface area contributed by atoms with Gasteiger partial charge in [-0.25, -0.2) is 0 Å². The van der Waals surface area contributed by atoms with E-state index in [0.717, 1.165) is 17.2 Å². The standard InChI is InChI=1S/C3H5I4/c4-3-1-2-6-7(3)5/h3H,1-2H2/q-1. The molecule has 1 rings (SSSR count). The van der Waals surface area contributed by atoms with Gasteiger partial charge in [-0.15, -0.1) is 0 Å². The molecule has 0 N–H and O–H groups in total. The Morgan fingerprint density at radius 1 is 1.71 bits per heavy atom. The molecule has 0 aromatic heterocycles. The molecule has 1 aliphatic heterocycles. The maximum absolute atomic E-state index is 2.76. The van der Waals surface area contributed by atoms with E-state index in [4.69, 9.17) is 0 Å². The number of hydrogen-bond acceptors (Lipinski definition) is 0. The van der Waals surface area contributed by atoms with Crippen LogP contribution < -0.4 is 17.2 Å². The van der Waals surface area contributed by atoms with Crippen LogP contribution in [-0.2, 0) is 0 Å². The van der Waals surface area contributed by atoms with E-state index < -0.39 is 0 Å². The first-order valence-electron chi connectivity index (χ1n) is 1.90. The van der Waals surface area contributed by atoms with Crippen LogP contribution in [0.25, 0.3) is 0 Å². The first-order valence-corrected chi connectivity index (χ1v) is 18.5. The van der Waals surface area contributed by atoms with Gasteiger partial charge < -0.3 is 0 Å². The van der Waals surface area contributed by atoms with Gasteiger partial charge in [-0.1, -0.05) is 0 Å². The molecule has 46 valence electrons. The minimum atomic E-state index is -0.225. The molecule has 1 aliphatic rings. The summed E-state index contributed by atoms with van der Waals surface area (Å²) < 4.78 is 2.82. The zero-order valence-electron chi connectivity index (χ0n) is 3.50. The maximum atomic E-state index is 2.76. The molecule has 4 heteroatoms. The number of rotatable bonds is 0. The molecule has 0 nitrogen and oxygen atoms in total. The fourth-order valence-electron chi connectivity index (χ4n) is 0.338. The summed E-state index contributed by atoms with van der Waals surface area (Å²) in [6.45, 7) is 0. The summed E-state index contributed by atoms with van der Waals surface area (Å²) in [6.07, 6.45) is 1.57. The minimum absolute atomic E-state index is 0.225. The van der Waals surface area contributed by atoms with Gasteiger partial charge in [0.15, 0.2) is 0 Å². The van der Waals surface area contributed by atoms with Crippen molar-refractivity contribution in [2.75, 3.05) is 4.43 Å². The monoisotopic (exact) mass is 549 g/mol. The van der Waals surface area contributed by atoms with Crippen LogP contribution in [0, 0.1) is 0 Å². The van der Waals surface area contributed by atoms with Crippen molar-refractivity contribution < 1.29 is 17.2 Å². The quantitative estimate of drug-likeness (QED) is 0.296. The van der Waals surface area contributed by atoms with Crippen molar-refractivity contribution in [3.8, 4) is 0 Å². The number of halogens is 4. The molecule has 0 aliphatic carbocycles. The van der Waals surface area contributed by atoms with E-state index in [0.29, 0.717) is 0 Å². The van der Waals surface area contributed by atoms with Gasteiger partial charge in [-0.2, -0.15) is 0 Å². The Labute approximate surface area is 81.0 Å². The molecule has 1 saturated heterocycles. The van der Waals surface area contributed by atoms with Crippen molar-refractivity contribution in [2.45, 2.75) is 8.35 Å². The Morgan fingerprint density at radius 2 is 2.43 bits per heavy atom. The first-order chi connectivity index (χ1) is 3.30. The van der Waals surface area contributed by atoms with Gasteiger partial charge in [-0.3, -0.25) is 0 Å². The summed E-state index contributed by atoms with van der Waals surface area (Å²) >= 11 is 5.95. The normalized spacial score (nSPS) is 38.0. The topological polar surface area (TPSA) is 0 Å². The van der Waals surface area contributed by atoms with E-state index >= 15 is 0 Å². The van der Waals surface area contributed by atoms with Crippen LogP contribution in [0.2, 0.25) is 0 Å². The van der Waals surface area contributed by atoms with E-state index in [1.54, 1.807) is 10.8 Å². The first kappa shape index (κ1) is 8.02. The van der Waals surface area contributed by atoms with E-state index in [1.165, 1.54) is 1.93 Å². The Kier molecular flexibility index (Phi) is 4.51. The molecule has 0 radical (unpaired) electrons. The van der Waals surface area contributed by atoms with Gasteiger partial charge in [-0.05, 0) is 0 Å². The van der Waals surface area contributed by atoms with Gasteiger partial charge in [0.1, 0.15) is 0 Å². The zero-order valence-corrected chi connectivity index (χ0v) is 12.1. The van der Waals surface area contributed by atoms with Crippen LogP contribution in [-0.4, -0.2) is 6.36 Å².